The molecule has 2 rings (SSSR count). The van der Waals surface area contributed by atoms with E-state index in [0.29, 0.717) is 6.42 Å². The second-order valence-corrected chi connectivity index (χ2v) is 5.01. The van der Waals surface area contributed by atoms with Gasteiger partial charge in [-0.3, -0.25) is 4.79 Å². The van der Waals surface area contributed by atoms with Gasteiger partial charge in [-0.05, 0) is 18.8 Å². The van der Waals surface area contributed by atoms with Gasteiger partial charge in [-0.25, -0.2) is 4.79 Å². The minimum atomic E-state index is -1.23. The molecule has 1 saturated carbocycles. The van der Waals surface area contributed by atoms with Crippen LogP contribution in [0.25, 0.3) is 0 Å². The summed E-state index contributed by atoms with van der Waals surface area (Å²) >= 11 is 0. The van der Waals surface area contributed by atoms with E-state index in [2.05, 4.69) is 15.5 Å². The average molecular weight is 267 g/mol. The van der Waals surface area contributed by atoms with E-state index in [9.17, 15) is 14.7 Å². The molecule has 0 spiro atoms. The number of hydrogen-bond acceptors (Lipinski definition) is 5. The zero-order valence-electron chi connectivity index (χ0n) is 11.0. The highest BCUT2D eigenvalue weighted by Gasteiger charge is 2.46. The standard InChI is InChI=1S/C12H17N3O4/c1-7-5-3-4-6-12(7,11(17)18)14-10(16)9-13-8(2)19-15-9/h7H,3-6H2,1-2H3,(H,14,16)(H,17,18). The number of carboxylic acid groups (broad SMARTS) is 1. The summed E-state index contributed by atoms with van der Waals surface area (Å²) < 4.78 is 4.73. The maximum Gasteiger partial charge on any atom is 0.329 e. The van der Waals surface area contributed by atoms with Crippen LogP contribution in [0.1, 0.15) is 49.1 Å². The molecule has 0 radical (unpaired) electrons. The molecule has 2 unspecified atom stereocenters. The first-order chi connectivity index (χ1) is 8.95. The second kappa shape index (κ2) is 4.99. The van der Waals surface area contributed by atoms with Gasteiger partial charge in [0, 0.05) is 6.92 Å². The van der Waals surface area contributed by atoms with Crippen LogP contribution in [0, 0.1) is 12.8 Å². The van der Waals surface area contributed by atoms with E-state index in [-0.39, 0.29) is 17.6 Å². The molecule has 2 N–H and O–H groups in total. The lowest BCUT2D eigenvalue weighted by Gasteiger charge is -2.39. The number of carboxylic acids is 1. The number of nitrogens with zero attached hydrogens (tertiary/aromatic N) is 2. The Kier molecular flexibility index (Phi) is 3.55. The Hall–Kier alpha value is -1.92. The molecule has 7 heteroatoms. The van der Waals surface area contributed by atoms with E-state index in [1.807, 2.05) is 6.92 Å². The van der Waals surface area contributed by atoms with Crippen molar-refractivity contribution in [3.8, 4) is 0 Å². The normalized spacial score (nSPS) is 26.9. The van der Waals surface area contributed by atoms with Crippen LogP contribution in [0.15, 0.2) is 4.52 Å². The number of carbonyl (C=O) groups is 2. The van der Waals surface area contributed by atoms with E-state index in [0.717, 1.165) is 19.3 Å². The van der Waals surface area contributed by atoms with Crippen molar-refractivity contribution in [1.82, 2.24) is 15.5 Å². The van der Waals surface area contributed by atoms with E-state index in [1.165, 1.54) is 0 Å². The predicted molar refractivity (Wildman–Crippen MR) is 64.5 cm³/mol. The molecule has 1 fully saturated rings. The molecule has 19 heavy (non-hydrogen) atoms. The fraction of sp³-hybridized carbons (Fsp3) is 0.667. The van der Waals surface area contributed by atoms with Gasteiger partial charge in [0.2, 0.25) is 5.89 Å². The Morgan fingerprint density at radius 1 is 1.47 bits per heavy atom. The maximum absolute atomic E-state index is 12.0. The lowest BCUT2D eigenvalue weighted by molar-refractivity contribution is -0.148. The molecule has 0 aliphatic heterocycles. The van der Waals surface area contributed by atoms with Crippen molar-refractivity contribution in [3.63, 3.8) is 0 Å². The van der Waals surface area contributed by atoms with Crippen LogP contribution in [0.5, 0.6) is 0 Å². The van der Waals surface area contributed by atoms with Crippen molar-refractivity contribution < 1.29 is 19.2 Å². The molecule has 1 aliphatic rings. The Morgan fingerprint density at radius 3 is 2.74 bits per heavy atom. The molecule has 1 heterocycles. The van der Waals surface area contributed by atoms with Crippen LogP contribution in [-0.4, -0.2) is 32.7 Å². The molecule has 1 aliphatic carbocycles. The molecular weight excluding hydrogens is 250 g/mol. The zero-order chi connectivity index (χ0) is 14.0. The number of carbonyl (C=O) groups excluding carboxylic acids is 1. The van der Waals surface area contributed by atoms with Crippen LogP contribution in [0.2, 0.25) is 0 Å². The number of aliphatic carboxylic acids is 1. The van der Waals surface area contributed by atoms with Gasteiger partial charge in [0.15, 0.2) is 0 Å². The van der Waals surface area contributed by atoms with Crippen LogP contribution < -0.4 is 5.32 Å². The summed E-state index contributed by atoms with van der Waals surface area (Å²) in [5.74, 6) is -1.60. The highest BCUT2D eigenvalue weighted by atomic mass is 16.5. The van der Waals surface area contributed by atoms with Crippen LogP contribution >= 0.6 is 0 Å². The number of amides is 1. The molecule has 1 aromatic heterocycles. The van der Waals surface area contributed by atoms with Crippen molar-refractivity contribution in [2.75, 3.05) is 0 Å². The van der Waals surface area contributed by atoms with E-state index in [4.69, 9.17) is 4.52 Å². The number of nitrogens with one attached hydrogen (secondary N) is 1. The average Bonchev–Trinajstić information content (AvgIpc) is 2.78. The van der Waals surface area contributed by atoms with Crippen molar-refractivity contribution in [3.05, 3.63) is 11.7 Å². The molecule has 7 nitrogen and oxygen atoms in total. The highest BCUT2D eigenvalue weighted by molar-refractivity contribution is 5.95. The van der Waals surface area contributed by atoms with Gasteiger partial charge in [0.25, 0.3) is 11.7 Å². The molecule has 1 amide bonds. The van der Waals surface area contributed by atoms with Crippen LogP contribution in [-0.2, 0) is 4.79 Å². The summed E-state index contributed by atoms with van der Waals surface area (Å²) in [4.78, 5) is 27.4. The summed E-state index contributed by atoms with van der Waals surface area (Å²) in [7, 11) is 0. The van der Waals surface area contributed by atoms with E-state index in [1.54, 1.807) is 6.92 Å². The van der Waals surface area contributed by atoms with Gasteiger partial charge < -0.3 is 14.9 Å². The van der Waals surface area contributed by atoms with Gasteiger partial charge in [-0.1, -0.05) is 24.9 Å². The molecule has 104 valence electrons. The van der Waals surface area contributed by atoms with E-state index >= 15 is 0 Å². The Balaban J connectivity index is 2.21. The lowest BCUT2D eigenvalue weighted by Crippen LogP contribution is -2.60. The Labute approximate surface area is 110 Å². The van der Waals surface area contributed by atoms with Gasteiger partial charge in [-0.15, -0.1) is 0 Å². The van der Waals surface area contributed by atoms with Crippen molar-refractivity contribution in [2.24, 2.45) is 5.92 Å². The predicted octanol–water partition coefficient (Wildman–Crippen LogP) is 1.14. The smallest absolute Gasteiger partial charge is 0.329 e. The Morgan fingerprint density at radius 2 is 2.21 bits per heavy atom. The number of aryl methyl sites for hydroxylation is 1. The van der Waals surface area contributed by atoms with Crippen LogP contribution in [0.4, 0.5) is 0 Å². The third kappa shape index (κ3) is 2.45. The summed E-state index contributed by atoms with van der Waals surface area (Å²) in [5.41, 5.74) is -1.23. The van der Waals surface area contributed by atoms with Crippen molar-refractivity contribution in [2.45, 2.75) is 45.1 Å². The highest BCUT2D eigenvalue weighted by Crippen LogP contribution is 2.34. The number of hydrogen-bond donors (Lipinski definition) is 2. The van der Waals surface area contributed by atoms with Crippen LogP contribution in [0.3, 0.4) is 0 Å². The molecule has 0 aromatic carbocycles. The summed E-state index contributed by atoms with van der Waals surface area (Å²) in [6.45, 7) is 3.41. The van der Waals surface area contributed by atoms with Gasteiger partial charge in [-0.2, -0.15) is 4.98 Å². The quantitative estimate of drug-likeness (QED) is 0.850. The fourth-order valence-electron chi connectivity index (χ4n) is 2.55. The monoisotopic (exact) mass is 267 g/mol. The zero-order valence-corrected chi connectivity index (χ0v) is 11.0. The largest absolute Gasteiger partial charge is 0.479 e. The fourth-order valence-corrected chi connectivity index (χ4v) is 2.55. The van der Waals surface area contributed by atoms with Crippen molar-refractivity contribution >= 4 is 11.9 Å². The summed E-state index contributed by atoms with van der Waals surface area (Å²) in [5, 5.41) is 15.6. The first kappa shape index (κ1) is 13.5. The molecule has 0 bridgehead atoms. The summed E-state index contributed by atoms with van der Waals surface area (Å²) in [6, 6.07) is 0. The van der Waals surface area contributed by atoms with Gasteiger partial charge in [0.05, 0.1) is 0 Å². The first-order valence-corrected chi connectivity index (χ1v) is 6.32. The van der Waals surface area contributed by atoms with Gasteiger partial charge in [0.1, 0.15) is 5.54 Å². The number of rotatable bonds is 3. The molecule has 2 atom stereocenters. The van der Waals surface area contributed by atoms with Crippen molar-refractivity contribution in [1.29, 1.82) is 0 Å². The van der Waals surface area contributed by atoms with E-state index < -0.39 is 17.4 Å². The molecule has 1 aromatic rings. The topological polar surface area (TPSA) is 105 Å². The SMILES string of the molecule is Cc1nc(C(=O)NC2(C(=O)O)CCCCC2C)no1. The molecule has 0 saturated heterocycles. The minimum Gasteiger partial charge on any atom is -0.479 e. The first-order valence-electron chi connectivity index (χ1n) is 6.32. The summed E-state index contributed by atoms with van der Waals surface area (Å²) in [6.07, 6.45) is 2.96. The third-order valence-electron chi connectivity index (χ3n) is 3.75. The maximum atomic E-state index is 12.0. The Bertz CT molecular complexity index is 499. The minimum absolute atomic E-state index is 0.129. The third-order valence-corrected chi connectivity index (χ3v) is 3.75. The van der Waals surface area contributed by atoms with Gasteiger partial charge >= 0.3 is 5.97 Å². The lowest BCUT2D eigenvalue weighted by atomic mass is 9.73. The molecular formula is C12H17N3O4. The number of aromatic nitrogens is 2. The second-order valence-electron chi connectivity index (χ2n) is 5.01.